The molecule has 0 saturated carbocycles. The average molecular weight is 447 g/mol. The van der Waals surface area contributed by atoms with Crippen LogP contribution in [0.2, 0.25) is 0 Å². The van der Waals surface area contributed by atoms with E-state index in [4.69, 9.17) is 5.73 Å². The summed E-state index contributed by atoms with van der Waals surface area (Å²) in [5.74, 6) is -0.102. The van der Waals surface area contributed by atoms with Crippen molar-refractivity contribution in [1.29, 1.82) is 0 Å². The van der Waals surface area contributed by atoms with E-state index in [9.17, 15) is 13.2 Å². The summed E-state index contributed by atoms with van der Waals surface area (Å²) in [6.45, 7) is 0. The van der Waals surface area contributed by atoms with Crippen LogP contribution >= 0.6 is 0 Å². The second-order valence-corrected chi connectivity index (χ2v) is 9.00. The van der Waals surface area contributed by atoms with Crippen LogP contribution in [0.25, 0.3) is 10.8 Å². The Balaban J connectivity index is 1.61. The van der Waals surface area contributed by atoms with Crippen LogP contribution in [-0.2, 0) is 16.4 Å². The molecule has 0 radical (unpaired) electrons. The van der Waals surface area contributed by atoms with Gasteiger partial charge in [-0.25, -0.2) is 13.4 Å². The highest BCUT2D eigenvalue weighted by atomic mass is 32.2. The molecular formula is C24H22N4O3S. The summed E-state index contributed by atoms with van der Waals surface area (Å²) < 4.78 is 28.4. The molecule has 1 atom stereocenters. The summed E-state index contributed by atoms with van der Waals surface area (Å²) in [5.41, 5.74) is 7.17. The van der Waals surface area contributed by atoms with Crippen LogP contribution < -0.4 is 15.8 Å². The molecule has 0 spiro atoms. The van der Waals surface area contributed by atoms with Gasteiger partial charge >= 0.3 is 0 Å². The molecule has 0 saturated heterocycles. The fourth-order valence-corrected chi connectivity index (χ4v) is 4.57. The van der Waals surface area contributed by atoms with Gasteiger partial charge in [0.1, 0.15) is 5.82 Å². The lowest BCUT2D eigenvalue weighted by Crippen LogP contribution is -2.49. The van der Waals surface area contributed by atoms with Crippen molar-refractivity contribution >= 4 is 32.5 Å². The van der Waals surface area contributed by atoms with Crippen molar-refractivity contribution in [1.82, 2.24) is 15.0 Å². The van der Waals surface area contributed by atoms with Gasteiger partial charge in [-0.05, 0) is 41.3 Å². The van der Waals surface area contributed by atoms with Gasteiger partial charge in [0.25, 0.3) is 5.91 Å². The lowest BCUT2D eigenvalue weighted by molar-refractivity contribution is 0.0935. The Morgan fingerprint density at radius 3 is 2.34 bits per heavy atom. The summed E-state index contributed by atoms with van der Waals surface area (Å²) >= 11 is 0. The molecule has 0 unspecified atom stereocenters. The average Bonchev–Trinajstić information content (AvgIpc) is 2.80. The Bertz CT molecular complexity index is 1340. The van der Waals surface area contributed by atoms with Crippen molar-refractivity contribution < 1.29 is 13.2 Å². The van der Waals surface area contributed by atoms with Gasteiger partial charge < -0.3 is 11.1 Å². The second-order valence-electron chi connectivity index (χ2n) is 7.28. The number of nitrogen functional groups attached to an aromatic ring is 1. The van der Waals surface area contributed by atoms with E-state index in [2.05, 4.69) is 15.0 Å². The lowest BCUT2D eigenvalue weighted by Gasteiger charge is -2.21. The molecule has 4 rings (SSSR count). The van der Waals surface area contributed by atoms with E-state index in [-0.39, 0.29) is 11.3 Å². The van der Waals surface area contributed by atoms with Crippen molar-refractivity contribution in [2.45, 2.75) is 17.5 Å². The first-order chi connectivity index (χ1) is 15.4. The van der Waals surface area contributed by atoms with Crippen LogP contribution in [-0.4, -0.2) is 25.5 Å². The van der Waals surface area contributed by atoms with Crippen LogP contribution in [0, 0.1) is 0 Å². The van der Waals surface area contributed by atoms with Gasteiger partial charge in [-0.1, -0.05) is 54.6 Å². The molecule has 0 aliphatic rings. The fraction of sp³-hybridized carbons (Fsp3) is 0.0833. The highest BCUT2D eigenvalue weighted by Gasteiger charge is 2.22. The number of pyridine rings is 1. The van der Waals surface area contributed by atoms with E-state index >= 15 is 0 Å². The molecule has 0 aliphatic heterocycles. The summed E-state index contributed by atoms with van der Waals surface area (Å²) in [7, 11) is -3.84. The van der Waals surface area contributed by atoms with Gasteiger partial charge in [0, 0.05) is 23.6 Å². The molecule has 3 aromatic carbocycles. The van der Waals surface area contributed by atoms with Crippen LogP contribution in [0.4, 0.5) is 5.82 Å². The number of nitrogens with two attached hydrogens (primary N) is 1. The molecule has 7 nitrogen and oxygen atoms in total. The monoisotopic (exact) mass is 446 g/mol. The van der Waals surface area contributed by atoms with E-state index < -0.39 is 22.1 Å². The highest BCUT2D eigenvalue weighted by Crippen LogP contribution is 2.20. The number of amides is 1. The minimum atomic E-state index is -3.84. The molecule has 4 aromatic rings. The number of hydrogen-bond acceptors (Lipinski definition) is 5. The topological polar surface area (TPSA) is 114 Å². The first-order valence-electron chi connectivity index (χ1n) is 9.99. The number of sulfonamides is 1. The van der Waals surface area contributed by atoms with E-state index in [0.29, 0.717) is 16.8 Å². The normalized spacial score (nSPS) is 12.4. The summed E-state index contributed by atoms with van der Waals surface area (Å²) in [6, 6.07) is 24.3. The number of anilines is 1. The number of aromatic nitrogens is 1. The van der Waals surface area contributed by atoms with Gasteiger partial charge in [-0.3, -0.25) is 4.79 Å². The standard InChI is InChI=1S/C24H22N4O3S/c25-23-21-16-19(12-11-18(21)13-14-26-23)24(29)27-22(15-17-7-3-1-4-8-17)28-32(30,31)20-9-5-2-6-10-20/h1-14,16,22,28H,15H2,(H2,25,26)(H,27,29)/t22-/m1/s1. The first kappa shape index (κ1) is 21.5. The van der Waals surface area contributed by atoms with E-state index in [1.165, 1.54) is 12.1 Å². The van der Waals surface area contributed by atoms with Crippen molar-refractivity contribution in [2.24, 2.45) is 0 Å². The molecule has 0 fully saturated rings. The Morgan fingerprint density at radius 1 is 0.938 bits per heavy atom. The van der Waals surface area contributed by atoms with Gasteiger partial charge in [0.05, 0.1) is 11.1 Å². The molecule has 1 aromatic heterocycles. The molecule has 162 valence electrons. The van der Waals surface area contributed by atoms with Crippen LogP contribution in [0.1, 0.15) is 15.9 Å². The smallest absolute Gasteiger partial charge is 0.252 e. The Hall–Kier alpha value is -3.75. The lowest BCUT2D eigenvalue weighted by atomic mass is 10.1. The fourth-order valence-electron chi connectivity index (χ4n) is 3.40. The van der Waals surface area contributed by atoms with Crippen molar-refractivity contribution in [3.05, 3.63) is 102 Å². The van der Waals surface area contributed by atoms with Gasteiger partial charge in [-0.15, -0.1) is 0 Å². The Labute approximate surface area is 186 Å². The van der Waals surface area contributed by atoms with Crippen LogP contribution in [0.15, 0.2) is 96.0 Å². The zero-order valence-corrected chi connectivity index (χ0v) is 17.9. The maximum Gasteiger partial charge on any atom is 0.252 e. The SMILES string of the molecule is Nc1nccc2ccc(C(=O)N[C@@H](Cc3ccccc3)NS(=O)(=O)c3ccccc3)cc12. The van der Waals surface area contributed by atoms with Crippen molar-refractivity contribution in [2.75, 3.05) is 5.73 Å². The minimum absolute atomic E-state index is 0.122. The molecule has 8 heteroatoms. The number of benzene rings is 3. The number of hydrogen-bond donors (Lipinski definition) is 3. The number of rotatable bonds is 7. The minimum Gasteiger partial charge on any atom is -0.383 e. The molecular weight excluding hydrogens is 424 g/mol. The highest BCUT2D eigenvalue weighted by molar-refractivity contribution is 7.89. The van der Waals surface area contributed by atoms with Crippen molar-refractivity contribution in [3.63, 3.8) is 0 Å². The summed E-state index contributed by atoms with van der Waals surface area (Å²) in [4.78, 5) is 17.2. The van der Waals surface area contributed by atoms with Crippen LogP contribution in [0.5, 0.6) is 0 Å². The van der Waals surface area contributed by atoms with Gasteiger partial charge in [-0.2, -0.15) is 4.72 Å². The molecule has 32 heavy (non-hydrogen) atoms. The zero-order chi connectivity index (χ0) is 22.6. The molecule has 4 N–H and O–H groups in total. The number of fused-ring (bicyclic) bond motifs is 1. The third kappa shape index (κ3) is 4.93. The second kappa shape index (κ2) is 9.17. The third-order valence-electron chi connectivity index (χ3n) is 5.00. The number of nitrogens with zero attached hydrogens (tertiary/aromatic N) is 1. The van der Waals surface area contributed by atoms with E-state index in [1.54, 1.807) is 48.7 Å². The van der Waals surface area contributed by atoms with E-state index in [1.807, 2.05) is 30.3 Å². The number of carbonyl (C=O) groups is 1. The number of nitrogens with one attached hydrogen (secondary N) is 2. The third-order valence-corrected chi connectivity index (χ3v) is 6.49. The van der Waals surface area contributed by atoms with E-state index in [0.717, 1.165) is 10.9 Å². The zero-order valence-electron chi connectivity index (χ0n) is 17.1. The molecule has 0 aliphatic carbocycles. The number of carbonyl (C=O) groups excluding carboxylic acids is 1. The summed E-state index contributed by atoms with van der Waals surface area (Å²) in [6.07, 6.45) is 1.01. The summed E-state index contributed by atoms with van der Waals surface area (Å²) in [5, 5.41) is 4.32. The molecule has 1 heterocycles. The first-order valence-corrected chi connectivity index (χ1v) is 11.5. The Kier molecular flexibility index (Phi) is 6.16. The predicted molar refractivity (Wildman–Crippen MR) is 124 cm³/mol. The predicted octanol–water partition coefficient (Wildman–Crippen LogP) is 3.09. The Morgan fingerprint density at radius 2 is 1.62 bits per heavy atom. The maximum absolute atomic E-state index is 13.0. The van der Waals surface area contributed by atoms with Gasteiger partial charge in [0.15, 0.2) is 0 Å². The molecule has 1 amide bonds. The largest absolute Gasteiger partial charge is 0.383 e. The quantitative estimate of drug-likeness (QED) is 0.378. The molecule has 0 bridgehead atoms. The maximum atomic E-state index is 13.0. The van der Waals surface area contributed by atoms with Gasteiger partial charge in [0.2, 0.25) is 10.0 Å². The van der Waals surface area contributed by atoms with Crippen LogP contribution in [0.3, 0.4) is 0 Å². The van der Waals surface area contributed by atoms with Crippen molar-refractivity contribution in [3.8, 4) is 0 Å².